The van der Waals surface area contributed by atoms with Crippen molar-refractivity contribution in [2.24, 2.45) is 7.05 Å². The van der Waals surface area contributed by atoms with Gasteiger partial charge in [-0.3, -0.25) is 0 Å². The summed E-state index contributed by atoms with van der Waals surface area (Å²) in [7, 11) is 1.92. The second kappa shape index (κ2) is 7.31. The van der Waals surface area contributed by atoms with Crippen LogP contribution >= 0.6 is 11.6 Å². The summed E-state index contributed by atoms with van der Waals surface area (Å²) in [5.74, 6) is 0.851. The van der Waals surface area contributed by atoms with Gasteiger partial charge in [-0.1, -0.05) is 24.9 Å². The molecule has 1 heterocycles. The number of aryl methyl sites for hydroxylation is 2. The molecule has 1 aromatic carbocycles. The van der Waals surface area contributed by atoms with Gasteiger partial charge in [-0.05, 0) is 37.1 Å². The van der Waals surface area contributed by atoms with Crippen molar-refractivity contribution in [1.82, 2.24) is 14.9 Å². The van der Waals surface area contributed by atoms with E-state index >= 15 is 0 Å². The third-order valence-corrected chi connectivity index (χ3v) is 3.89. The lowest BCUT2D eigenvalue weighted by atomic mass is 10.1. The quantitative estimate of drug-likeness (QED) is 0.873. The highest BCUT2D eigenvalue weighted by Gasteiger charge is 2.17. The van der Waals surface area contributed by atoms with Crippen LogP contribution < -0.4 is 10.6 Å². The molecule has 22 heavy (non-hydrogen) atoms. The number of carbonyl (C=O) groups excluding carboxylic acids is 1. The summed E-state index contributed by atoms with van der Waals surface area (Å²) in [6.07, 6.45) is 5.40. The normalized spacial score (nSPS) is 12.0. The van der Waals surface area contributed by atoms with Gasteiger partial charge in [0.2, 0.25) is 0 Å². The van der Waals surface area contributed by atoms with Gasteiger partial charge in [-0.15, -0.1) is 0 Å². The highest BCUT2D eigenvalue weighted by Crippen LogP contribution is 2.20. The van der Waals surface area contributed by atoms with Crippen LogP contribution in [0.4, 0.5) is 10.5 Å². The number of carbonyl (C=O) groups is 1. The third kappa shape index (κ3) is 4.01. The van der Waals surface area contributed by atoms with E-state index in [9.17, 15) is 4.79 Å². The summed E-state index contributed by atoms with van der Waals surface area (Å²) in [6.45, 7) is 3.98. The minimum Gasteiger partial charge on any atom is -0.336 e. The summed E-state index contributed by atoms with van der Waals surface area (Å²) >= 11 is 5.99. The van der Waals surface area contributed by atoms with E-state index in [0.29, 0.717) is 5.02 Å². The molecule has 0 saturated heterocycles. The number of aromatic nitrogens is 2. The number of nitrogens with zero attached hydrogens (tertiary/aromatic N) is 2. The highest BCUT2D eigenvalue weighted by atomic mass is 35.5. The molecule has 2 aromatic rings. The molecule has 1 atom stereocenters. The smallest absolute Gasteiger partial charge is 0.319 e. The van der Waals surface area contributed by atoms with E-state index in [0.717, 1.165) is 29.9 Å². The molecule has 2 N–H and O–H groups in total. The van der Waals surface area contributed by atoms with Crippen LogP contribution in [0.3, 0.4) is 0 Å². The van der Waals surface area contributed by atoms with Crippen LogP contribution in [-0.4, -0.2) is 15.6 Å². The Hall–Kier alpha value is -2.01. The molecular weight excluding hydrogens is 300 g/mol. The van der Waals surface area contributed by atoms with Crippen molar-refractivity contribution < 1.29 is 4.79 Å². The van der Waals surface area contributed by atoms with E-state index < -0.39 is 0 Å². The van der Waals surface area contributed by atoms with Gasteiger partial charge in [0.25, 0.3) is 0 Å². The van der Waals surface area contributed by atoms with E-state index in [-0.39, 0.29) is 12.1 Å². The molecule has 0 saturated carbocycles. The predicted molar refractivity (Wildman–Crippen MR) is 89.2 cm³/mol. The van der Waals surface area contributed by atoms with Gasteiger partial charge in [-0.2, -0.15) is 0 Å². The maximum atomic E-state index is 12.2. The number of anilines is 1. The van der Waals surface area contributed by atoms with Crippen LogP contribution in [0.25, 0.3) is 0 Å². The molecule has 0 aliphatic rings. The number of nitrogens with one attached hydrogen (secondary N) is 2. The van der Waals surface area contributed by atoms with Crippen molar-refractivity contribution in [2.75, 3.05) is 5.32 Å². The summed E-state index contributed by atoms with van der Waals surface area (Å²) in [5, 5.41) is 6.50. The Kier molecular flexibility index (Phi) is 5.44. The molecule has 0 radical (unpaired) electrons. The molecule has 2 amide bonds. The van der Waals surface area contributed by atoms with Crippen LogP contribution in [-0.2, 0) is 7.05 Å². The highest BCUT2D eigenvalue weighted by molar-refractivity contribution is 6.31. The number of hydrogen-bond acceptors (Lipinski definition) is 2. The molecule has 118 valence electrons. The van der Waals surface area contributed by atoms with Crippen LogP contribution in [0.15, 0.2) is 30.6 Å². The van der Waals surface area contributed by atoms with Gasteiger partial charge in [0.15, 0.2) is 0 Å². The van der Waals surface area contributed by atoms with E-state index in [1.807, 2.05) is 30.8 Å². The average Bonchev–Trinajstić information content (AvgIpc) is 2.88. The summed E-state index contributed by atoms with van der Waals surface area (Å²) < 4.78 is 1.92. The second-order valence-corrected chi connectivity index (χ2v) is 5.71. The van der Waals surface area contributed by atoms with E-state index in [2.05, 4.69) is 22.5 Å². The van der Waals surface area contributed by atoms with Crippen LogP contribution in [0.1, 0.15) is 37.2 Å². The maximum absolute atomic E-state index is 12.2. The Morgan fingerprint density at radius 2 is 2.23 bits per heavy atom. The first-order chi connectivity index (χ1) is 10.5. The van der Waals surface area contributed by atoms with Crippen molar-refractivity contribution in [3.05, 3.63) is 47.0 Å². The lowest BCUT2D eigenvalue weighted by Crippen LogP contribution is -2.33. The number of hydrogen-bond donors (Lipinski definition) is 2. The zero-order valence-corrected chi connectivity index (χ0v) is 13.8. The van der Waals surface area contributed by atoms with Gasteiger partial charge in [-0.25, -0.2) is 9.78 Å². The van der Waals surface area contributed by atoms with Crippen LogP contribution in [0.5, 0.6) is 0 Å². The zero-order chi connectivity index (χ0) is 16.1. The topological polar surface area (TPSA) is 59.0 Å². The van der Waals surface area contributed by atoms with E-state index in [1.54, 1.807) is 18.3 Å². The molecule has 0 unspecified atom stereocenters. The van der Waals surface area contributed by atoms with Crippen molar-refractivity contribution in [1.29, 1.82) is 0 Å². The van der Waals surface area contributed by atoms with Crippen molar-refractivity contribution in [3.63, 3.8) is 0 Å². The third-order valence-electron chi connectivity index (χ3n) is 3.47. The Labute approximate surface area is 135 Å². The van der Waals surface area contributed by atoms with Gasteiger partial charge < -0.3 is 15.2 Å². The molecular formula is C16H21ClN4O. The zero-order valence-electron chi connectivity index (χ0n) is 13.1. The average molecular weight is 321 g/mol. The van der Waals surface area contributed by atoms with E-state index in [1.165, 1.54) is 0 Å². The van der Waals surface area contributed by atoms with Gasteiger partial charge in [0.05, 0.1) is 6.04 Å². The minimum absolute atomic E-state index is 0.113. The second-order valence-electron chi connectivity index (χ2n) is 5.30. The lowest BCUT2D eigenvalue weighted by molar-refractivity contribution is 0.247. The first-order valence-corrected chi connectivity index (χ1v) is 7.70. The molecule has 5 nitrogen and oxygen atoms in total. The van der Waals surface area contributed by atoms with Crippen molar-refractivity contribution in [2.45, 2.75) is 32.7 Å². The Balaban J connectivity index is 2.05. The Bertz CT molecular complexity index is 653. The molecule has 0 fully saturated rings. The van der Waals surface area contributed by atoms with E-state index in [4.69, 9.17) is 11.6 Å². The van der Waals surface area contributed by atoms with Crippen molar-refractivity contribution >= 4 is 23.3 Å². The monoisotopic (exact) mass is 320 g/mol. The summed E-state index contributed by atoms with van der Waals surface area (Å²) in [6, 6.07) is 5.04. The fourth-order valence-electron chi connectivity index (χ4n) is 2.32. The summed E-state index contributed by atoms with van der Waals surface area (Å²) in [4.78, 5) is 16.5. The predicted octanol–water partition coefficient (Wildman–Crippen LogP) is 4.04. The first-order valence-electron chi connectivity index (χ1n) is 7.32. The van der Waals surface area contributed by atoms with Crippen molar-refractivity contribution in [3.8, 4) is 0 Å². The molecule has 0 bridgehead atoms. The minimum atomic E-state index is -0.247. The number of benzene rings is 1. The van der Waals surface area contributed by atoms with Gasteiger partial charge in [0, 0.05) is 30.2 Å². The Morgan fingerprint density at radius 3 is 2.82 bits per heavy atom. The number of halogens is 1. The fraction of sp³-hybridized carbons (Fsp3) is 0.375. The van der Waals surface area contributed by atoms with Crippen LogP contribution in [0, 0.1) is 6.92 Å². The molecule has 0 aliphatic carbocycles. The molecule has 0 aliphatic heterocycles. The largest absolute Gasteiger partial charge is 0.336 e. The van der Waals surface area contributed by atoms with Crippen LogP contribution in [0.2, 0.25) is 5.02 Å². The number of imidazole rings is 1. The van der Waals surface area contributed by atoms with Gasteiger partial charge in [0.1, 0.15) is 5.82 Å². The van der Waals surface area contributed by atoms with Gasteiger partial charge >= 0.3 is 6.03 Å². The number of amides is 2. The number of urea groups is 1. The first kappa shape index (κ1) is 16.4. The lowest BCUT2D eigenvalue weighted by Gasteiger charge is -2.18. The fourth-order valence-corrected chi connectivity index (χ4v) is 2.43. The standard InChI is InChI=1S/C16H21ClN4O/c1-4-5-14(15-18-8-9-21(15)3)20-16(22)19-12-6-7-13(17)11(2)10-12/h6-10,14H,4-5H2,1-3H3,(H2,19,20,22)/t14-/m1/s1. The molecule has 0 spiro atoms. The molecule has 6 heteroatoms. The SMILES string of the molecule is CCC[C@@H](NC(=O)Nc1ccc(Cl)c(C)c1)c1nccn1C. The molecule has 1 aromatic heterocycles. The summed E-state index contributed by atoms with van der Waals surface area (Å²) in [5.41, 5.74) is 1.64. The Morgan fingerprint density at radius 1 is 1.45 bits per heavy atom. The maximum Gasteiger partial charge on any atom is 0.319 e. The molecule has 2 rings (SSSR count). The number of rotatable bonds is 5.